The fourth-order valence-electron chi connectivity index (χ4n) is 9.70. The number of benzene rings is 3. The molecule has 0 bridgehead atoms. The summed E-state index contributed by atoms with van der Waals surface area (Å²) in [4.78, 5) is 89.7. The van der Waals surface area contributed by atoms with Crippen LogP contribution in [-0.4, -0.2) is 115 Å². The van der Waals surface area contributed by atoms with Crippen LogP contribution in [0.5, 0.6) is 0 Å². The van der Waals surface area contributed by atoms with Gasteiger partial charge in [-0.15, -0.1) is 0 Å². The number of para-hydroxylation sites is 1. The van der Waals surface area contributed by atoms with Gasteiger partial charge in [0.15, 0.2) is 0 Å². The number of piperidine rings is 1. The lowest BCUT2D eigenvalue weighted by Crippen LogP contribution is -2.53. The number of nitrogens with two attached hydrogens (primary N) is 2. The minimum Gasteiger partial charge on any atom is -0.460 e. The molecule has 0 spiro atoms. The number of primary amides is 1. The largest absolute Gasteiger partial charge is 0.460 e. The van der Waals surface area contributed by atoms with Gasteiger partial charge in [0.2, 0.25) is 29.5 Å². The van der Waals surface area contributed by atoms with Gasteiger partial charge in [-0.3, -0.25) is 43.2 Å². The van der Waals surface area contributed by atoms with Crippen LogP contribution < -0.4 is 32.7 Å². The maximum absolute atomic E-state index is 13.7. The summed E-state index contributed by atoms with van der Waals surface area (Å²) in [6.45, 7) is 6.44. The van der Waals surface area contributed by atoms with Crippen molar-refractivity contribution >= 4 is 52.2 Å². The molecule has 3 aliphatic heterocycles. The fourth-order valence-corrected chi connectivity index (χ4v) is 9.70. The third kappa shape index (κ3) is 13.6. The van der Waals surface area contributed by atoms with Gasteiger partial charge in [0, 0.05) is 58.9 Å². The molecule has 3 aliphatic rings. The second kappa shape index (κ2) is 24.7. The molecule has 6 atom stereocenters. The van der Waals surface area contributed by atoms with Crippen molar-refractivity contribution in [1.29, 1.82) is 0 Å². The van der Waals surface area contributed by atoms with E-state index in [1.165, 1.54) is 11.5 Å². The molecular formula is C52H67N7O12. The number of fused-ring (bicyclic) bond motifs is 1. The zero-order chi connectivity index (χ0) is 50.6. The van der Waals surface area contributed by atoms with E-state index in [9.17, 15) is 33.6 Å². The van der Waals surface area contributed by atoms with Crippen molar-refractivity contribution in [2.24, 2.45) is 18.5 Å². The van der Waals surface area contributed by atoms with Gasteiger partial charge < -0.3 is 45.4 Å². The Bertz CT molecular complexity index is 2610. The van der Waals surface area contributed by atoms with Gasteiger partial charge in [0.1, 0.15) is 18.2 Å². The number of aromatic nitrogens is 2. The first-order valence-electron chi connectivity index (χ1n) is 24.6. The fraction of sp³-hybridized carbons (Fsp3) is 0.519. The van der Waals surface area contributed by atoms with E-state index in [0.29, 0.717) is 58.0 Å². The van der Waals surface area contributed by atoms with Gasteiger partial charge >= 0.3 is 11.7 Å². The average Bonchev–Trinajstić information content (AvgIpc) is 3.79. The molecule has 6 N–H and O–H groups in total. The Morgan fingerprint density at radius 3 is 2.13 bits per heavy atom. The Morgan fingerprint density at radius 1 is 0.831 bits per heavy atom. The molecule has 0 saturated carbocycles. The first kappa shape index (κ1) is 52.6. The lowest BCUT2D eigenvalue weighted by atomic mass is 9.99. The maximum Gasteiger partial charge on any atom is 0.329 e. The Labute approximate surface area is 412 Å². The number of hydrogen-bond donors (Lipinski definition) is 4. The minimum atomic E-state index is -1.09. The summed E-state index contributed by atoms with van der Waals surface area (Å²) in [5.74, 6) is -2.50. The number of aryl methyl sites for hydroxylation is 3. The van der Waals surface area contributed by atoms with Gasteiger partial charge in [-0.2, -0.15) is 0 Å². The number of rotatable bonds is 26. The number of nitrogens with zero attached hydrogens (tertiary/aromatic N) is 3. The van der Waals surface area contributed by atoms with E-state index in [0.717, 1.165) is 64.7 Å². The normalized spacial score (nSPS) is 19.5. The number of ether oxygens (including phenoxy) is 5. The monoisotopic (exact) mass is 981 g/mol. The van der Waals surface area contributed by atoms with E-state index in [2.05, 4.69) is 22.8 Å². The quantitative estimate of drug-likeness (QED) is 0.0402. The lowest BCUT2D eigenvalue weighted by molar-refractivity contribution is -0.148. The number of anilines is 1. The standard InChI is InChI=1S/C52H67N7O12/c1-32(40(16-19-45(53)61)55-47(63)30-39-28-37-9-4-10-38-29-44(71-33(2)60)48(54)51(65)58(39)49(37)38)70-31-36-13-11-34(12-14-36)7-5-21-67-23-25-69-26-24-68-22-6-8-35-15-17-41-43(27-35)57(3)52(66)59(41)42-18-20-46(62)56-50(42)64/h4,9-15,17,27,32,39-40,42,44,48H,5-8,16,18-26,28-31,54H2,1-3H3,(H2,53,61)(H,55,63)(H,56,62,64)/t32-,39+,40+,42?,44?,48+/m1/s1. The molecule has 0 radical (unpaired) electrons. The summed E-state index contributed by atoms with van der Waals surface area (Å²) >= 11 is 0. The van der Waals surface area contributed by atoms with Crippen molar-refractivity contribution in [3.05, 3.63) is 99.0 Å². The molecule has 1 fully saturated rings. The van der Waals surface area contributed by atoms with Gasteiger partial charge in [0.25, 0.3) is 0 Å². The molecule has 71 heavy (non-hydrogen) atoms. The van der Waals surface area contributed by atoms with Gasteiger partial charge in [-0.1, -0.05) is 48.5 Å². The molecule has 3 aromatic carbocycles. The molecular weight excluding hydrogens is 915 g/mol. The summed E-state index contributed by atoms with van der Waals surface area (Å²) in [6.07, 6.45) is 3.51. The van der Waals surface area contributed by atoms with Crippen LogP contribution in [0.25, 0.3) is 11.0 Å². The summed E-state index contributed by atoms with van der Waals surface area (Å²) in [5.41, 5.74) is 18.6. The van der Waals surface area contributed by atoms with Crippen molar-refractivity contribution in [2.75, 3.05) is 44.5 Å². The molecule has 4 aromatic rings. The van der Waals surface area contributed by atoms with Gasteiger partial charge in [0.05, 0.1) is 61.9 Å². The zero-order valence-corrected chi connectivity index (χ0v) is 40.9. The smallest absolute Gasteiger partial charge is 0.329 e. The van der Waals surface area contributed by atoms with Crippen LogP contribution in [0.3, 0.4) is 0 Å². The highest BCUT2D eigenvalue weighted by atomic mass is 16.5. The van der Waals surface area contributed by atoms with Crippen LogP contribution in [0.15, 0.2) is 65.5 Å². The van der Waals surface area contributed by atoms with E-state index in [1.807, 2.05) is 55.5 Å². The molecule has 19 heteroatoms. The summed E-state index contributed by atoms with van der Waals surface area (Å²) in [7, 11) is 1.69. The molecule has 0 aliphatic carbocycles. The topological polar surface area (TPSA) is 255 Å². The van der Waals surface area contributed by atoms with Crippen LogP contribution >= 0.6 is 0 Å². The first-order valence-corrected chi connectivity index (χ1v) is 24.6. The van der Waals surface area contributed by atoms with Crippen molar-refractivity contribution in [2.45, 2.75) is 127 Å². The van der Waals surface area contributed by atoms with Crippen molar-refractivity contribution < 1.29 is 52.5 Å². The highest BCUT2D eigenvalue weighted by Crippen LogP contribution is 2.40. The van der Waals surface area contributed by atoms with Crippen LogP contribution in [-0.2, 0) is 91.8 Å². The molecule has 5 amide bonds. The highest BCUT2D eigenvalue weighted by Gasteiger charge is 2.44. The third-order valence-electron chi connectivity index (χ3n) is 13.4. The Morgan fingerprint density at radius 2 is 1.46 bits per heavy atom. The van der Waals surface area contributed by atoms with Gasteiger partial charge in [-0.05, 0) is 91.8 Å². The maximum atomic E-state index is 13.7. The van der Waals surface area contributed by atoms with Gasteiger partial charge in [-0.25, -0.2) is 4.79 Å². The predicted molar refractivity (Wildman–Crippen MR) is 262 cm³/mol. The Hall–Kier alpha value is -6.25. The molecule has 382 valence electrons. The van der Waals surface area contributed by atoms with Crippen molar-refractivity contribution in [1.82, 2.24) is 19.8 Å². The van der Waals surface area contributed by atoms with Crippen LogP contribution in [0.2, 0.25) is 0 Å². The number of hydrogen-bond acceptors (Lipinski definition) is 13. The summed E-state index contributed by atoms with van der Waals surface area (Å²) < 4.78 is 31.9. The van der Waals surface area contributed by atoms with E-state index in [4.69, 9.17) is 35.2 Å². The Kier molecular flexibility index (Phi) is 18.3. The molecule has 1 aromatic heterocycles. The van der Waals surface area contributed by atoms with E-state index in [-0.39, 0.29) is 56.2 Å². The molecule has 2 unspecified atom stereocenters. The van der Waals surface area contributed by atoms with Crippen LogP contribution in [0.4, 0.5) is 5.69 Å². The van der Waals surface area contributed by atoms with Crippen LogP contribution in [0, 0.1) is 0 Å². The highest BCUT2D eigenvalue weighted by molar-refractivity contribution is 6.02. The minimum absolute atomic E-state index is 0.00806. The summed E-state index contributed by atoms with van der Waals surface area (Å²) in [5, 5.41) is 5.38. The first-order chi connectivity index (χ1) is 34.2. The number of imide groups is 1. The second-order valence-corrected chi connectivity index (χ2v) is 18.6. The predicted octanol–water partition coefficient (Wildman–Crippen LogP) is 2.75. The molecule has 19 nitrogen and oxygen atoms in total. The number of imidazole rings is 1. The lowest BCUT2D eigenvalue weighted by Gasteiger charge is -2.29. The zero-order valence-electron chi connectivity index (χ0n) is 40.9. The van der Waals surface area contributed by atoms with Crippen molar-refractivity contribution in [3.63, 3.8) is 0 Å². The van der Waals surface area contributed by atoms with E-state index in [1.54, 1.807) is 16.5 Å². The average molecular weight is 982 g/mol. The summed E-state index contributed by atoms with van der Waals surface area (Å²) in [6, 6.07) is 16.8. The van der Waals surface area contributed by atoms with Crippen molar-refractivity contribution in [3.8, 4) is 0 Å². The Balaban J connectivity index is 0.752. The number of carbonyl (C=O) groups is 6. The van der Waals surface area contributed by atoms with Crippen LogP contribution in [0.1, 0.15) is 92.7 Å². The number of amides is 5. The number of carbonyl (C=O) groups excluding carboxylic acids is 6. The molecule has 1 saturated heterocycles. The van der Waals surface area contributed by atoms with E-state index < -0.39 is 60.1 Å². The second-order valence-electron chi connectivity index (χ2n) is 18.6. The third-order valence-corrected chi connectivity index (χ3v) is 13.4. The molecule has 7 rings (SSSR count). The SMILES string of the molecule is CC(=O)OC1Cc2cccc3c2N(C(=O)[C@H]1N)[C@H](CC(=O)N[C@@H](CCC(N)=O)[C@@H](C)OCc1ccc(CCCOCCOCCOCCCc2ccc4c(c2)n(C)c(=O)n4C2CCC(=O)NC2=O)cc1)C3. The van der Waals surface area contributed by atoms with E-state index >= 15 is 0 Å². The number of nitrogens with one attached hydrogen (secondary N) is 2. The molecule has 4 heterocycles. The number of esters is 1.